The predicted octanol–water partition coefficient (Wildman–Crippen LogP) is 3.17. The van der Waals surface area contributed by atoms with E-state index in [0.29, 0.717) is 24.5 Å². The van der Waals surface area contributed by atoms with Crippen LogP contribution in [0.1, 0.15) is 24.3 Å². The molecule has 0 aliphatic rings. The number of nitrogens with one attached hydrogen (secondary N) is 2. The second-order valence-corrected chi connectivity index (χ2v) is 6.11. The lowest BCUT2D eigenvalue weighted by Gasteiger charge is -2.14. The number of carbonyl (C=O) groups is 1. The zero-order chi connectivity index (χ0) is 19.1. The van der Waals surface area contributed by atoms with Gasteiger partial charge in [-0.1, -0.05) is 36.4 Å². The third-order valence-corrected chi connectivity index (χ3v) is 4.08. The number of pyridine rings is 1. The summed E-state index contributed by atoms with van der Waals surface area (Å²) in [6.07, 6.45) is -0.810. The van der Waals surface area contributed by atoms with Crippen LogP contribution in [0.2, 0.25) is 0 Å². The molecule has 2 aromatic carbocycles. The molecule has 6 heteroatoms. The number of ether oxygens (including phenoxy) is 1. The zero-order valence-corrected chi connectivity index (χ0v) is 15.2. The lowest BCUT2D eigenvalue weighted by Crippen LogP contribution is -2.37. The van der Waals surface area contributed by atoms with Crippen LogP contribution in [0.4, 0.5) is 4.79 Å². The fourth-order valence-electron chi connectivity index (χ4n) is 2.69. The third-order valence-electron chi connectivity index (χ3n) is 4.08. The summed E-state index contributed by atoms with van der Waals surface area (Å²) in [4.78, 5) is 16.0. The van der Waals surface area contributed by atoms with Gasteiger partial charge in [-0.15, -0.1) is 0 Å². The zero-order valence-electron chi connectivity index (χ0n) is 15.2. The van der Waals surface area contributed by atoms with Crippen LogP contribution < -0.4 is 15.4 Å². The highest BCUT2D eigenvalue weighted by molar-refractivity contribution is 5.78. The average molecular weight is 365 g/mol. The van der Waals surface area contributed by atoms with Crippen molar-refractivity contribution in [1.29, 1.82) is 0 Å². The fraction of sp³-hybridized carbons (Fsp3) is 0.238. The molecule has 3 rings (SSSR count). The second kappa shape index (κ2) is 9.00. The van der Waals surface area contributed by atoms with Gasteiger partial charge in [0.25, 0.3) is 0 Å². The number of aliphatic hydroxyl groups excluding tert-OH is 1. The molecule has 2 amide bonds. The van der Waals surface area contributed by atoms with E-state index in [0.717, 1.165) is 16.6 Å². The van der Waals surface area contributed by atoms with E-state index < -0.39 is 6.10 Å². The third kappa shape index (κ3) is 5.18. The summed E-state index contributed by atoms with van der Waals surface area (Å²) >= 11 is 0. The largest absolute Gasteiger partial charge is 0.487 e. The molecule has 0 bridgehead atoms. The van der Waals surface area contributed by atoms with Crippen molar-refractivity contribution < 1.29 is 14.6 Å². The van der Waals surface area contributed by atoms with Crippen molar-refractivity contribution >= 4 is 16.9 Å². The van der Waals surface area contributed by atoms with Gasteiger partial charge in [0.05, 0.1) is 17.3 Å². The minimum absolute atomic E-state index is 0.127. The first-order chi connectivity index (χ1) is 13.2. The van der Waals surface area contributed by atoms with E-state index in [1.54, 1.807) is 12.1 Å². The van der Waals surface area contributed by atoms with Crippen molar-refractivity contribution in [3.05, 3.63) is 71.9 Å². The Morgan fingerprint density at radius 2 is 1.96 bits per heavy atom. The number of urea groups is 1. The molecule has 3 N–H and O–H groups in total. The Morgan fingerprint density at radius 3 is 2.81 bits per heavy atom. The van der Waals surface area contributed by atoms with Gasteiger partial charge >= 0.3 is 6.03 Å². The summed E-state index contributed by atoms with van der Waals surface area (Å²) in [7, 11) is 0. The quantitative estimate of drug-likeness (QED) is 0.600. The summed E-state index contributed by atoms with van der Waals surface area (Å²) in [5.41, 5.74) is 2.44. The lowest BCUT2D eigenvalue weighted by atomic mass is 10.1. The number of nitrogens with zero attached hydrogens (tertiary/aromatic N) is 1. The first kappa shape index (κ1) is 18.7. The van der Waals surface area contributed by atoms with Crippen molar-refractivity contribution in [3.63, 3.8) is 0 Å². The van der Waals surface area contributed by atoms with Crippen molar-refractivity contribution in [1.82, 2.24) is 15.6 Å². The van der Waals surface area contributed by atoms with Gasteiger partial charge in [0.1, 0.15) is 12.4 Å². The van der Waals surface area contributed by atoms with Crippen LogP contribution >= 0.6 is 0 Å². The van der Waals surface area contributed by atoms with Gasteiger partial charge < -0.3 is 20.5 Å². The van der Waals surface area contributed by atoms with Gasteiger partial charge in [0, 0.05) is 18.5 Å². The summed E-state index contributed by atoms with van der Waals surface area (Å²) in [5, 5.41) is 16.6. The van der Waals surface area contributed by atoms with E-state index in [9.17, 15) is 9.90 Å². The van der Waals surface area contributed by atoms with Gasteiger partial charge in [0.15, 0.2) is 0 Å². The molecule has 0 aliphatic carbocycles. The molecule has 0 saturated heterocycles. The molecule has 0 aliphatic heterocycles. The Hall–Kier alpha value is -3.12. The van der Waals surface area contributed by atoms with Crippen molar-refractivity contribution in [2.75, 3.05) is 13.1 Å². The Balaban J connectivity index is 1.60. The summed E-state index contributed by atoms with van der Waals surface area (Å²) in [6.45, 7) is 2.83. The SMILES string of the molecule is CCNC(=O)NC[C@H](O)c1cccc(OCc2ccc3ccccc3n2)c1. The standard InChI is InChI=1S/C21H23N3O3/c1-2-22-21(26)23-13-20(25)16-7-5-8-18(12-16)27-14-17-11-10-15-6-3-4-9-19(15)24-17/h3-12,20,25H,2,13-14H2,1H3,(H2,22,23,26)/t20-/m0/s1. The maximum Gasteiger partial charge on any atom is 0.314 e. The van der Waals surface area contributed by atoms with Gasteiger partial charge in [-0.2, -0.15) is 0 Å². The van der Waals surface area contributed by atoms with E-state index in [1.165, 1.54) is 0 Å². The maximum atomic E-state index is 11.4. The molecular weight excluding hydrogens is 342 g/mol. The first-order valence-electron chi connectivity index (χ1n) is 8.93. The van der Waals surface area contributed by atoms with Gasteiger partial charge in [-0.25, -0.2) is 9.78 Å². The molecule has 0 radical (unpaired) electrons. The molecule has 0 saturated carbocycles. The summed E-state index contributed by atoms with van der Waals surface area (Å²) in [6, 6.07) is 18.8. The minimum Gasteiger partial charge on any atom is -0.487 e. The minimum atomic E-state index is -0.810. The number of hydrogen-bond donors (Lipinski definition) is 3. The Morgan fingerprint density at radius 1 is 1.11 bits per heavy atom. The van der Waals surface area contributed by atoms with Crippen LogP contribution in [0.5, 0.6) is 5.75 Å². The van der Waals surface area contributed by atoms with Gasteiger partial charge in [-0.3, -0.25) is 0 Å². The smallest absolute Gasteiger partial charge is 0.314 e. The number of carbonyl (C=O) groups excluding carboxylic acids is 1. The summed E-state index contributed by atoms with van der Waals surface area (Å²) < 4.78 is 5.82. The van der Waals surface area contributed by atoms with E-state index in [1.807, 2.05) is 55.5 Å². The van der Waals surface area contributed by atoms with Crippen LogP contribution in [-0.4, -0.2) is 29.2 Å². The number of aromatic nitrogens is 1. The van der Waals surface area contributed by atoms with Gasteiger partial charge in [-0.05, 0) is 36.8 Å². The number of benzene rings is 2. The highest BCUT2D eigenvalue weighted by Gasteiger charge is 2.10. The molecule has 1 atom stereocenters. The van der Waals surface area contributed by atoms with Crippen LogP contribution in [0.25, 0.3) is 10.9 Å². The normalized spacial score (nSPS) is 11.8. The number of aliphatic hydroxyl groups is 1. The van der Waals surface area contributed by atoms with Crippen LogP contribution in [0.3, 0.4) is 0 Å². The monoisotopic (exact) mass is 365 g/mol. The molecule has 0 unspecified atom stereocenters. The van der Waals surface area contributed by atoms with Crippen LogP contribution in [0.15, 0.2) is 60.7 Å². The van der Waals surface area contributed by atoms with E-state index in [4.69, 9.17) is 4.74 Å². The van der Waals surface area contributed by atoms with E-state index >= 15 is 0 Å². The maximum absolute atomic E-state index is 11.4. The molecule has 1 heterocycles. The van der Waals surface area contributed by atoms with Gasteiger partial charge in [0.2, 0.25) is 0 Å². The molecule has 1 aromatic heterocycles. The molecule has 0 spiro atoms. The highest BCUT2D eigenvalue weighted by atomic mass is 16.5. The number of fused-ring (bicyclic) bond motifs is 1. The van der Waals surface area contributed by atoms with Crippen molar-refractivity contribution in [3.8, 4) is 5.75 Å². The molecule has 3 aromatic rings. The molecule has 140 valence electrons. The topological polar surface area (TPSA) is 83.5 Å². The lowest BCUT2D eigenvalue weighted by molar-refractivity contribution is 0.172. The highest BCUT2D eigenvalue weighted by Crippen LogP contribution is 2.20. The molecule has 0 fully saturated rings. The molecule has 6 nitrogen and oxygen atoms in total. The number of amides is 2. The predicted molar refractivity (Wildman–Crippen MR) is 105 cm³/mol. The number of hydrogen-bond acceptors (Lipinski definition) is 4. The van der Waals surface area contributed by atoms with Crippen molar-refractivity contribution in [2.45, 2.75) is 19.6 Å². The summed E-state index contributed by atoms with van der Waals surface area (Å²) in [5.74, 6) is 0.638. The molecular formula is C21H23N3O3. The van der Waals surface area contributed by atoms with Crippen molar-refractivity contribution in [2.24, 2.45) is 0 Å². The second-order valence-electron chi connectivity index (χ2n) is 6.11. The average Bonchev–Trinajstić information content (AvgIpc) is 2.71. The van der Waals surface area contributed by atoms with Crippen LogP contribution in [-0.2, 0) is 6.61 Å². The number of para-hydroxylation sites is 1. The molecule has 27 heavy (non-hydrogen) atoms. The Bertz CT molecular complexity index is 914. The first-order valence-corrected chi connectivity index (χ1v) is 8.93. The van der Waals surface area contributed by atoms with E-state index in [2.05, 4.69) is 15.6 Å². The number of rotatable bonds is 7. The van der Waals surface area contributed by atoms with Crippen LogP contribution in [0, 0.1) is 0 Å². The fourth-order valence-corrected chi connectivity index (χ4v) is 2.69. The Labute approximate surface area is 158 Å². The van der Waals surface area contributed by atoms with E-state index in [-0.39, 0.29) is 12.6 Å². The Kier molecular flexibility index (Phi) is 6.22.